The molecule has 5 rings (SSSR count). The molecular formula is C20H19N5O3. The van der Waals surface area contributed by atoms with Gasteiger partial charge in [-0.15, -0.1) is 0 Å². The lowest BCUT2D eigenvalue weighted by Crippen LogP contribution is -2.14. The lowest BCUT2D eigenvalue weighted by atomic mass is 10.1. The molecule has 4 aromatic rings. The van der Waals surface area contributed by atoms with E-state index in [4.69, 9.17) is 14.0 Å². The quantitative estimate of drug-likeness (QED) is 0.551. The predicted octanol–water partition coefficient (Wildman–Crippen LogP) is 3.25. The van der Waals surface area contributed by atoms with Gasteiger partial charge in [0.2, 0.25) is 6.79 Å². The van der Waals surface area contributed by atoms with Crippen LogP contribution in [0.3, 0.4) is 0 Å². The zero-order valence-corrected chi connectivity index (χ0v) is 15.6. The molecule has 2 aromatic carbocycles. The Labute approximate surface area is 160 Å². The number of ether oxygens (including phenoxy) is 2. The van der Waals surface area contributed by atoms with Gasteiger partial charge in [0, 0.05) is 5.56 Å². The first-order valence-electron chi connectivity index (χ1n) is 9.05. The SMILES string of the molecule is Cc1ccc2[nH]c(CNCc3noc(-c4ccc5c(c4)OCO5)n3)nc2c1C. The Morgan fingerprint density at radius 3 is 2.86 bits per heavy atom. The molecule has 0 unspecified atom stereocenters. The number of hydrogen-bond acceptors (Lipinski definition) is 7. The maximum atomic E-state index is 5.39. The fraction of sp³-hybridized carbons (Fsp3) is 0.250. The van der Waals surface area contributed by atoms with Crippen LogP contribution in [0.5, 0.6) is 11.5 Å². The maximum Gasteiger partial charge on any atom is 0.258 e. The van der Waals surface area contributed by atoms with E-state index in [1.54, 1.807) is 0 Å². The van der Waals surface area contributed by atoms with Crippen molar-refractivity contribution in [2.45, 2.75) is 26.9 Å². The second kappa shape index (κ2) is 6.65. The van der Waals surface area contributed by atoms with Gasteiger partial charge in [0.05, 0.1) is 24.1 Å². The normalized spacial score (nSPS) is 12.8. The maximum absolute atomic E-state index is 5.39. The Morgan fingerprint density at radius 1 is 1.04 bits per heavy atom. The molecule has 2 N–H and O–H groups in total. The summed E-state index contributed by atoms with van der Waals surface area (Å²) in [6, 6.07) is 9.71. The van der Waals surface area contributed by atoms with Crippen molar-refractivity contribution < 1.29 is 14.0 Å². The highest BCUT2D eigenvalue weighted by Gasteiger charge is 2.17. The number of rotatable bonds is 5. The molecule has 0 aliphatic carbocycles. The minimum absolute atomic E-state index is 0.235. The first-order valence-corrected chi connectivity index (χ1v) is 9.05. The number of aryl methyl sites for hydroxylation is 2. The largest absolute Gasteiger partial charge is 0.454 e. The van der Waals surface area contributed by atoms with Gasteiger partial charge in [-0.05, 0) is 49.2 Å². The minimum Gasteiger partial charge on any atom is -0.454 e. The predicted molar refractivity (Wildman–Crippen MR) is 102 cm³/mol. The van der Waals surface area contributed by atoms with Crippen LogP contribution < -0.4 is 14.8 Å². The Morgan fingerprint density at radius 2 is 1.93 bits per heavy atom. The van der Waals surface area contributed by atoms with Gasteiger partial charge in [-0.2, -0.15) is 4.98 Å². The van der Waals surface area contributed by atoms with E-state index in [1.165, 1.54) is 11.1 Å². The number of hydrogen-bond donors (Lipinski definition) is 2. The summed E-state index contributed by atoms with van der Waals surface area (Å²) in [5.41, 5.74) is 5.30. The number of nitrogens with one attached hydrogen (secondary N) is 2. The van der Waals surface area contributed by atoms with E-state index in [1.807, 2.05) is 18.2 Å². The number of imidazole rings is 1. The molecule has 0 amide bonds. The number of benzene rings is 2. The molecule has 0 bridgehead atoms. The monoisotopic (exact) mass is 377 g/mol. The van der Waals surface area contributed by atoms with Gasteiger partial charge < -0.3 is 24.3 Å². The topological polar surface area (TPSA) is 98.1 Å². The summed E-state index contributed by atoms with van der Waals surface area (Å²) in [7, 11) is 0. The third-order valence-corrected chi connectivity index (χ3v) is 4.89. The summed E-state index contributed by atoms with van der Waals surface area (Å²) < 4.78 is 16.1. The Kier molecular flexibility index (Phi) is 3.98. The second-order valence-electron chi connectivity index (χ2n) is 6.77. The van der Waals surface area contributed by atoms with Gasteiger partial charge in [0.25, 0.3) is 5.89 Å². The van der Waals surface area contributed by atoms with Crippen molar-refractivity contribution in [1.29, 1.82) is 0 Å². The zero-order chi connectivity index (χ0) is 19.1. The number of aromatic amines is 1. The highest BCUT2D eigenvalue weighted by atomic mass is 16.7. The van der Waals surface area contributed by atoms with Gasteiger partial charge in [0.1, 0.15) is 5.82 Å². The van der Waals surface area contributed by atoms with Gasteiger partial charge in [-0.1, -0.05) is 11.2 Å². The third kappa shape index (κ3) is 2.97. The summed E-state index contributed by atoms with van der Waals surface area (Å²) in [5.74, 6) is 3.32. The summed E-state index contributed by atoms with van der Waals surface area (Å²) in [6.45, 7) is 5.48. The Balaban J connectivity index is 1.25. The molecule has 0 atom stereocenters. The van der Waals surface area contributed by atoms with E-state index < -0.39 is 0 Å². The molecule has 8 heteroatoms. The van der Waals surface area contributed by atoms with E-state index >= 15 is 0 Å². The lowest BCUT2D eigenvalue weighted by Gasteiger charge is -1.98. The first kappa shape index (κ1) is 16.8. The molecule has 0 saturated heterocycles. The van der Waals surface area contributed by atoms with Crippen LogP contribution in [-0.2, 0) is 13.1 Å². The number of aromatic nitrogens is 4. The Bertz CT molecular complexity index is 1160. The highest BCUT2D eigenvalue weighted by molar-refractivity contribution is 5.79. The smallest absolute Gasteiger partial charge is 0.258 e. The first-order chi connectivity index (χ1) is 13.7. The van der Waals surface area contributed by atoms with Crippen LogP contribution in [0.4, 0.5) is 0 Å². The molecule has 0 spiro atoms. The average Bonchev–Trinajstić information content (AvgIpc) is 3.43. The molecule has 28 heavy (non-hydrogen) atoms. The van der Waals surface area contributed by atoms with Crippen molar-refractivity contribution in [2.75, 3.05) is 6.79 Å². The Hall–Kier alpha value is -3.39. The van der Waals surface area contributed by atoms with E-state index in [0.717, 1.165) is 28.2 Å². The van der Waals surface area contributed by atoms with E-state index in [0.29, 0.717) is 30.6 Å². The van der Waals surface area contributed by atoms with Crippen molar-refractivity contribution >= 4 is 11.0 Å². The molecule has 142 valence electrons. The molecule has 8 nitrogen and oxygen atoms in total. The zero-order valence-electron chi connectivity index (χ0n) is 15.6. The molecule has 0 saturated carbocycles. The standard InChI is InChI=1S/C20H19N5O3/c1-11-3-5-14-19(12(11)2)23-17(22-14)8-21-9-18-24-20(28-25-18)13-4-6-15-16(7-13)27-10-26-15/h3-7,21H,8-10H2,1-2H3,(H,22,23). The molecular weight excluding hydrogens is 358 g/mol. The second-order valence-corrected chi connectivity index (χ2v) is 6.77. The molecule has 1 aliphatic rings. The van der Waals surface area contributed by atoms with Gasteiger partial charge in [-0.25, -0.2) is 4.98 Å². The van der Waals surface area contributed by atoms with Gasteiger partial charge in [-0.3, -0.25) is 0 Å². The average molecular weight is 377 g/mol. The van der Waals surface area contributed by atoms with E-state index in [-0.39, 0.29) is 6.79 Å². The van der Waals surface area contributed by atoms with Crippen LogP contribution in [0.25, 0.3) is 22.5 Å². The number of nitrogens with zero attached hydrogens (tertiary/aromatic N) is 3. The van der Waals surface area contributed by atoms with E-state index in [2.05, 4.69) is 51.4 Å². The highest BCUT2D eigenvalue weighted by Crippen LogP contribution is 2.35. The molecule has 1 aliphatic heterocycles. The summed E-state index contributed by atoms with van der Waals surface area (Å²) in [5, 5.41) is 7.33. The van der Waals surface area contributed by atoms with Crippen LogP contribution in [0.15, 0.2) is 34.9 Å². The fourth-order valence-electron chi connectivity index (χ4n) is 3.21. The van der Waals surface area contributed by atoms with Crippen molar-refractivity contribution in [1.82, 2.24) is 25.4 Å². The van der Waals surface area contributed by atoms with Crippen molar-refractivity contribution in [3.8, 4) is 23.0 Å². The van der Waals surface area contributed by atoms with E-state index in [9.17, 15) is 0 Å². The minimum atomic E-state index is 0.235. The van der Waals surface area contributed by atoms with Crippen molar-refractivity contribution in [3.05, 3.63) is 53.1 Å². The van der Waals surface area contributed by atoms with Gasteiger partial charge >= 0.3 is 0 Å². The molecule has 2 aromatic heterocycles. The lowest BCUT2D eigenvalue weighted by molar-refractivity contribution is 0.174. The number of H-pyrrole nitrogens is 1. The van der Waals surface area contributed by atoms with Crippen LogP contribution >= 0.6 is 0 Å². The third-order valence-electron chi connectivity index (χ3n) is 4.89. The van der Waals surface area contributed by atoms with Crippen LogP contribution in [0, 0.1) is 13.8 Å². The molecule has 3 heterocycles. The molecule has 0 radical (unpaired) electrons. The van der Waals surface area contributed by atoms with Crippen LogP contribution in [-0.4, -0.2) is 26.9 Å². The van der Waals surface area contributed by atoms with Crippen LogP contribution in [0.2, 0.25) is 0 Å². The van der Waals surface area contributed by atoms with Gasteiger partial charge in [0.15, 0.2) is 17.3 Å². The van der Waals surface area contributed by atoms with Crippen molar-refractivity contribution in [3.63, 3.8) is 0 Å². The number of fused-ring (bicyclic) bond motifs is 2. The van der Waals surface area contributed by atoms with Crippen LogP contribution in [0.1, 0.15) is 22.8 Å². The summed E-state index contributed by atoms with van der Waals surface area (Å²) in [6.07, 6.45) is 0. The van der Waals surface area contributed by atoms with Crippen molar-refractivity contribution in [2.24, 2.45) is 0 Å². The summed E-state index contributed by atoms with van der Waals surface area (Å²) in [4.78, 5) is 12.5. The fourth-order valence-corrected chi connectivity index (χ4v) is 3.21. The summed E-state index contributed by atoms with van der Waals surface area (Å²) >= 11 is 0. The molecule has 0 fully saturated rings.